The Kier molecular flexibility index (Phi) is 4.83. The molecule has 134 valence electrons. The summed E-state index contributed by atoms with van der Waals surface area (Å²) in [6.07, 6.45) is 6.10. The highest BCUT2D eigenvalue weighted by molar-refractivity contribution is 7.89. The van der Waals surface area contributed by atoms with E-state index >= 15 is 0 Å². The van der Waals surface area contributed by atoms with Crippen LogP contribution in [0.4, 0.5) is 0 Å². The molecule has 3 rings (SSSR count). The number of pyridine rings is 1. The summed E-state index contributed by atoms with van der Waals surface area (Å²) in [5, 5.41) is 13.0. The highest BCUT2D eigenvalue weighted by Crippen LogP contribution is 2.21. The molecule has 2 heterocycles. The molecule has 26 heavy (non-hydrogen) atoms. The van der Waals surface area contributed by atoms with Gasteiger partial charge in [0.1, 0.15) is 0 Å². The molecule has 0 saturated heterocycles. The second kappa shape index (κ2) is 7.06. The van der Waals surface area contributed by atoms with Crippen LogP contribution in [0.5, 0.6) is 0 Å². The van der Waals surface area contributed by atoms with Crippen LogP contribution in [0.1, 0.15) is 15.9 Å². The summed E-state index contributed by atoms with van der Waals surface area (Å²) in [6, 6.07) is 7.64. The van der Waals surface area contributed by atoms with E-state index < -0.39 is 16.0 Å². The molecule has 0 bridgehead atoms. The van der Waals surface area contributed by atoms with Crippen LogP contribution in [0.2, 0.25) is 0 Å². The number of hydrogen-bond donors (Lipinski definition) is 2. The zero-order valence-electron chi connectivity index (χ0n) is 13.8. The topological polar surface area (TPSA) is 114 Å². The summed E-state index contributed by atoms with van der Waals surface area (Å²) >= 11 is 0. The average molecular weight is 372 g/mol. The average Bonchev–Trinajstić information content (AvgIpc) is 3.06. The van der Waals surface area contributed by atoms with Crippen molar-refractivity contribution < 1.29 is 18.3 Å². The van der Waals surface area contributed by atoms with Crippen LogP contribution in [0.25, 0.3) is 11.1 Å². The SMILES string of the molecule is Cn1cc(CNS(=O)(=O)c2ccc(-c3cncc(C(=O)O)c3)cc2)cn1. The van der Waals surface area contributed by atoms with Crippen molar-refractivity contribution in [2.75, 3.05) is 0 Å². The molecule has 2 N–H and O–H groups in total. The molecular formula is C17H16N4O4S. The van der Waals surface area contributed by atoms with Crippen molar-refractivity contribution >= 4 is 16.0 Å². The molecule has 0 fully saturated rings. The molecular weight excluding hydrogens is 356 g/mol. The maximum absolute atomic E-state index is 12.4. The van der Waals surface area contributed by atoms with Gasteiger partial charge in [-0.1, -0.05) is 12.1 Å². The van der Waals surface area contributed by atoms with E-state index in [4.69, 9.17) is 5.11 Å². The number of hydrogen-bond acceptors (Lipinski definition) is 5. The monoisotopic (exact) mass is 372 g/mol. The van der Waals surface area contributed by atoms with Gasteiger partial charge in [0.15, 0.2) is 0 Å². The van der Waals surface area contributed by atoms with Gasteiger partial charge < -0.3 is 5.11 Å². The lowest BCUT2D eigenvalue weighted by Crippen LogP contribution is -2.23. The standard InChI is InChI=1S/C17H16N4O4S/c1-21-11-12(7-19-21)8-20-26(24,25)16-4-2-13(3-5-16)14-6-15(17(22)23)10-18-9-14/h2-7,9-11,20H,8H2,1H3,(H,22,23). The predicted molar refractivity (Wildman–Crippen MR) is 93.9 cm³/mol. The van der Waals surface area contributed by atoms with E-state index in [-0.39, 0.29) is 17.0 Å². The van der Waals surface area contributed by atoms with E-state index in [2.05, 4.69) is 14.8 Å². The molecule has 0 amide bonds. The Morgan fingerprint density at radius 1 is 1.15 bits per heavy atom. The van der Waals surface area contributed by atoms with Gasteiger partial charge in [0.2, 0.25) is 10.0 Å². The Hall–Kier alpha value is -3.04. The molecule has 0 atom stereocenters. The normalized spacial score (nSPS) is 11.4. The molecule has 0 aliphatic heterocycles. The van der Waals surface area contributed by atoms with E-state index in [0.717, 1.165) is 5.56 Å². The second-order valence-electron chi connectivity index (χ2n) is 5.64. The summed E-state index contributed by atoms with van der Waals surface area (Å²) in [4.78, 5) is 15.0. The number of carbonyl (C=O) groups is 1. The molecule has 1 aromatic carbocycles. The van der Waals surface area contributed by atoms with Crippen LogP contribution in [0.15, 0.2) is 60.0 Å². The van der Waals surface area contributed by atoms with Crippen molar-refractivity contribution in [1.82, 2.24) is 19.5 Å². The zero-order chi connectivity index (χ0) is 18.7. The fourth-order valence-corrected chi connectivity index (χ4v) is 3.38. The second-order valence-corrected chi connectivity index (χ2v) is 7.41. The lowest BCUT2D eigenvalue weighted by atomic mass is 10.1. The molecule has 0 saturated carbocycles. The van der Waals surface area contributed by atoms with Gasteiger partial charge in [-0.25, -0.2) is 17.9 Å². The molecule has 0 radical (unpaired) electrons. The van der Waals surface area contributed by atoms with Crippen LogP contribution in [0.3, 0.4) is 0 Å². The van der Waals surface area contributed by atoms with Gasteiger partial charge in [-0.05, 0) is 23.8 Å². The first kappa shape index (κ1) is 17.8. The molecule has 0 aliphatic carbocycles. The van der Waals surface area contributed by atoms with Crippen LogP contribution >= 0.6 is 0 Å². The van der Waals surface area contributed by atoms with E-state index in [0.29, 0.717) is 11.1 Å². The van der Waals surface area contributed by atoms with Crippen molar-refractivity contribution in [2.24, 2.45) is 7.05 Å². The molecule has 8 nitrogen and oxygen atoms in total. The zero-order valence-corrected chi connectivity index (χ0v) is 14.6. The fourth-order valence-electron chi connectivity index (χ4n) is 2.37. The van der Waals surface area contributed by atoms with E-state index in [1.54, 1.807) is 36.3 Å². The van der Waals surface area contributed by atoms with Crippen LogP contribution in [0, 0.1) is 0 Å². The highest BCUT2D eigenvalue weighted by atomic mass is 32.2. The van der Waals surface area contributed by atoms with Gasteiger partial charge in [0.05, 0.1) is 16.7 Å². The highest BCUT2D eigenvalue weighted by Gasteiger charge is 2.14. The number of nitrogens with one attached hydrogen (secondary N) is 1. The fraction of sp³-hybridized carbons (Fsp3) is 0.118. The van der Waals surface area contributed by atoms with Crippen LogP contribution < -0.4 is 4.72 Å². The van der Waals surface area contributed by atoms with Gasteiger partial charge in [-0.3, -0.25) is 9.67 Å². The third-order valence-electron chi connectivity index (χ3n) is 3.71. The Balaban J connectivity index is 1.78. The Morgan fingerprint density at radius 2 is 1.88 bits per heavy atom. The Bertz CT molecular complexity index is 1040. The quantitative estimate of drug-likeness (QED) is 0.680. The summed E-state index contributed by atoms with van der Waals surface area (Å²) in [5.41, 5.74) is 2.09. The number of sulfonamides is 1. The van der Waals surface area contributed by atoms with E-state index in [1.165, 1.54) is 30.6 Å². The first-order valence-corrected chi connectivity index (χ1v) is 9.09. The van der Waals surface area contributed by atoms with E-state index in [1.807, 2.05) is 0 Å². The number of aromatic nitrogens is 3. The Labute approximate surface area is 150 Å². The van der Waals surface area contributed by atoms with Gasteiger partial charge >= 0.3 is 5.97 Å². The largest absolute Gasteiger partial charge is 0.478 e. The molecule has 0 aliphatic rings. The molecule has 9 heteroatoms. The summed E-state index contributed by atoms with van der Waals surface area (Å²) in [5.74, 6) is -1.07. The van der Waals surface area contributed by atoms with Crippen molar-refractivity contribution in [3.05, 3.63) is 66.2 Å². The smallest absolute Gasteiger partial charge is 0.337 e. The summed E-state index contributed by atoms with van der Waals surface area (Å²) in [7, 11) is -1.91. The summed E-state index contributed by atoms with van der Waals surface area (Å²) < 4.78 is 28.9. The van der Waals surface area contributed by atoms with Crippen molar-refractivity contribution in [3.8, 4) is 11.1 Å². The first-order chi connectivity index (χ1) is 12.3. The van der Waals surface area contributed by atoms with Gasteiger partial charge in [-0.15, -0.1) is 0 Å². The number of aromatic carboxylic acids is 1. The molecule has 0 unspecified atom stereocenters. The molecule has 0 spiro atoms. The predicted octanol–water partition coefficient (Wildman–Crippen LogP) is 1.66. The van der Waals surface area contributed by atoms with Gasteiger partial charge in [-0.2, -0.15) is 5.10 Å². The lowest BCUT2D eigenvalue weighted by Gasteiger charge is -2.07. The van der Waals surface area contributed by atoms with Crippen molar-refractivity contribution in [3.63, 3.8) is 0 Å². The van der Waals surface area contributed by atoms with E-state index in [9.17, 15) is 13.2 Å². The first-order valence-electron chi connectivity index (χ1n) is 7.61. The minimum absolute atomic E-state index is 0.0670. The third-order valence-corrected chi connectivity index (χ3v) is 5.12. The third kappa shape index (κ3) is 3.95. The van der Waals surface area contributed by atoms with Crippen molar-refractivity contribution in [2.45, 2.75) is 11.4 Å². The number of carboxylic acids is 1. The van der Waals surface area contributed by atoms with Crippen molar-refractivity contribution in [1.29, 1.82) is 0 Å². The molecule has 2 aromatic heterocycles. The number of nitrogens with zero attached hydrogens (tertiary/aromatic N) is 3. The minimum Gasteiger partial charge on any atom is -0.478 e. The summed E-state index contributed by atoms with van der Waals surface area (Å²) in [6.45, 7) is 0.141. The number of carboxylic acid groups (broad SMARTS) is 1. The lowest BCUT2D eigenvalue weighted by molar-refractivity contribution is 0.0696. The van der Waals surface area contributed by atoms with Crippen LogP contribution in [-0.2, 0) is 23.6 Å². The van der Waals surface area contributed by atoms with Gasteiger partial charge in [0.25, 0.3) is 0 Å². The molecule has 3 aromatic rings. The number of benzene rings is 1. The maximum atomic E-state index is 12.4. The number of aryl methyl sites for hydroxylation is 1. The van der Waals surface area contributed by atoms with Crippen LogP contribution in [-0.4, -0.2) is 34.3 Å². The Morgan fingerprint density at radius 3 is 2.50 bits per heavy atom. The maximum Gasteiger partial charge on any atom is 0.337 e. The minimum atomic E-state index is -3.67. The van der Waals surface area contributed by atoms with Gasteiger partial charge in [0, 0.05) is 43.3 Å². The number of rotatable bonds is 6.